The number of hydrogen-bond acceptors (Lipinski definition) is 4. The third-order valence-corrected chi connectivity index (χ3v) is 4.00. The van der Waals surface area contributed by atoms with Gasteiger partial charge >= 0.3 is 0 Å². The summed E-state index contributed by atoms with van der Waals surface area (Å²) in [5, 5.41) is 0. The molecule has 1 rings (SSSR count). The molecular weight excluding hydrogens is 252 g/mol. The Labute approximate surface area is 124 Å². The fraction of sp³-hybridized carbons (Fsp3) is 0.933. The van der Waals surface area contributed by atoms with E-state index in [-0.39, 0.29) is 5.91 Å². The Kier molecular flexibility index (Phi) is 8.82. The first-order chi connectivity index (χ1) is 9.63. The predicted octanol–water partition coefficient (Wildman–Crippen LogP) is 0.601. The summed E-state index contributed by atoms with van der Waals surface area (Å²) in [6, 6.07) is 0. The zero-order valence-corrected chi connectivity index (χ0v) is 13.3. The number of hydrogen-bond donors (Lipinski definition) is 1. The lowest BCUT2D eigenvalue weighted by atomic mass is 10.2. The lowest BCUT2D eigenvalue weighted by Gasteiger charge is -2.22. The van der Waals surface area contributed by atoms with Crippen LogP contribution in [0.25, 0.3) is 0 Å². The van der Waals surface area contributed by atoms with Crippen LogP contribution in [0.5, 0.6) is 0 Å². The van der Waals surface area contributed by atoms with Crippen molar-refractivity contribution in [1.29, 1.82) is 0 Å². The molecule has 1 saturated heterocycles. The quantitative estimate of drug-likeness (QED) is 0.663. The number of unbranched alkanes of at least 4 members (excludes halogenated alkanes) is 2. The number of carbonyl (C=O) groups excluding carboxylic acids is 1. The normalized spacial score (nSPS) is 17.9. The van der Waals surface area contributed by atoms with Gasteiger partial charge in [-0.1, -0.05) is 6.42 Å². The van der Waals surface area contributed by atoms with Gasteiger partial charge in [0.05, 0.1) is 0 Å². The van der Waals surface area contributed by atoms with Crippen molar-refractivity contribution < 1.29 is 4.79 Å². The number of rotatable bonds is 8. The fourth-order valence-corrected chi connectivity index (χ4v) is 2.61. The number of amides is 1. The Hall–Kier alpha value is -0.650. The Morgan fingerprint density at radius 3 is 2.25 bits per heavy atom. The zero-order chi connectivity index (χ0) is 14.8. The number of nitrogens with two attached hydrogens (primary N) is 1. The minimum Gasteiger partial charge on any atom is -0.349 e. The third kappa shape index (κ3) is 7.22. The molecule has 118 valence electrons. The molecule has 1 heterocycles. The highest BCUT2D eigenvalue weighted by atomic mass is 16.2. The molecule has 0 radical (unpaired) electrons. The first kappa shape index (κ1) is 17.4. The van der Waals surface area contributed by atoms with Crippen molar-refractivity contribution in [1.82, 2.24) is 14.7 Å². The first-order valence-electron chi connectivity index (χ1n) is 7.98. The maximum Gasteiger partial charge on any atom is 0.223 e. The molecule has 1 aliphatic rings. The van der Waals surface area contributed by atoms with Crippen LogP contribution in [0, 0.1) is 0 Å². The lowest BCUT2D eigenvalue weighted by Crippen LogP contribution is -2.34. The molecule has 0 aromatic rings. The van der Waals surface area contributed by atoms with Crippen LogP contribution in [-0.2, 0) is 4.79 Å². The lowest BCUT2D eigenvalue weighted by molar-refractivity contribution is -0.129. The summed E-state index contributed by atoms with van der Waals surface area (Å²) in [5.74, 6) is 0.230. The minimum absolute atomic E-state index is 0.230. The van der Waals surface area contributed by atoms with Crippen molar-refractivity contribution in [3.63, 3.8) is 0 Å². The molecule has 0 aliphatic carbocycles. The van der Waals surface area contributed by atoms with E-state index in [1.165, 1.54) is 32.4 Å². The van der Waals surface area contributed by atoms with Crippen molar-refractivity contribution in [3.8, 4) is 0 Å². The molecule has 1 amide bonds. The molecule has 0 atom stereocenters. The summed E-state index contributed by atoms with van der Waals surface area (Å²) in [4.78, 5) is 18.3. The zero-order valence-electron chi connectivity index (χ0n) is 13.3. The Morgan fingerprint density at radius 1 is 1.00 bits per heavy atom. The molecule has 5 nitrogen and oxygen atoms in total. The summed E-state index contributed by atoms with van der Waals surface area (Å²) >= 11 is 0. The average molecular weight is 284 g/mol. The van der Waals surface area contributed by atoms with Gasteiger partial charge in [-0.05, 0) is 45.4 Å². The maximum absolute atomic E-state index is 11.6. The molecule has 1 aliphatic heterocycles. The van der Waals surface area contributed by atoms with E-state index in [0.717, 1.165) is 39.1 Å². The van der Waals surface area contributed by atoms with Crippen molar-refractivity contribution in [2.24, 2.45) is 5.73 Å². The van der Waals surface area contributed by atoms with Gasteiger partial charge in [0.2, 0.25) is 5.91 Å². The topological polar surface area (TPSA) is 52.8 Å². The Balaban J connectivity index is 2.17. The summed E-state index contributed by atoms with van der Waals surface area (Å²) in [7, 11) is 3.65. The van der Waals surface area contributed by atoms with E-state index in [1.54, 1.807) is 4.90 Å². The van der Waals surface area contributed by atoms with Gasteiger partial charge in [-0.15, -0.1) is 0 Å². The molecule has 2 N–H and O–H groups in total. The highest BCUT2D eigenvalue weighted by molar-refractivity contribution is 5.75. The van der Waals surface area contributed by atoms with Crippen LogP contribution >= 0.6 is 0 Å². The van der Waals surface area contributed by atoms with E-state index in [2.05, 4.69) is 9.80 Å². The van der Waals surface area contributed by atoms with Gasteiger partial charge in [0.15, 0.2) is 0 Å². The van der Waals surface area contributed by atoms with E-state index in [9.17, 15) is 4.79 Å². The minimum atomic E-state index is 0.230. The van der Waals surface area contributed by atoms with Gasteiger partial charge in [-0.2, -0.15) is 0 Å². The van der Waals surface area contributed by atoms with Crippen LogP contribution in [0.3, 0.4) is 0 Å². The first-order valence-corrected chi connectivity index (χ1v) is 7.98. The van der Waals surface area contributed by atoms with Gasteiger partial charge in [-0.3, -0.25) is 4.79 Å². The van der Waals surface area contributed by atoms with Crippen molar-refractivity contribution in [2.75, 3.05) is 59.9 Å². The molecule has 0 saturated carbocycles. The summed E-state index contributed by atoms with van der Waals surface area (Å²) < 4.78 is 0. The van der Waals surface area contributed by atoms with E-state index < -0.39 is 0 Å². The largest absolute Gasteiger partial charge is 0.349 e. The van der Waals surface area contributed by atoms with E-state index in [1.807, 2.05) is 14.1 Å². The van der Waals surface area contributed by atoms with Gasteiger partial charge < -0.3 is 20.4 Å². The SMILES string of the molecule is CN(C)C(=O)CCN1CCCN(CCCCCN)CC1. The molecule has 0 aromatic heterocycles. The predicted molar refractivity (Wildman–Crippen MR) is 83.7 cm³/mol. The van der Waals surface area contributed by atoms with Crippen LogP contribution in [0.2, 0.25) is 0 Å². The van der Waals surface area contributed by atoms with Gasteiger partial charge in [0.1, 0.15) is 0 Å². The van der Waals surface area contributed by atoms with Crippen molar-refractivity contribution >= 4 is 5.91 Å². The van der Waals surface area contributed by atoms with Crippen LogP contribution in [-0.4, -0.2) is 80.5 Å². The molecule has 0 bridgehead atoms. The Bertz CT molecular complexity index is 271. The molecule has 1 fully saturated rings. The molecule has 0 unspecified atom stereocenters. The highest BCUT2D eigenvalue weighted by Gasteiger charge is 2.15. The van der Waals surface area contributed by atoms with Gasteiger partial charge in [0.25, 0.3) is 0 Å². The van der Waals surface area contributed by atoms with Crippen LogP contribution in [0.1, 0.15) is 32.1 Å². The summed E-state index contributed by atoms with van der Waals surface area (Å²) in [6.07, 6.45) is 5.51. The Morgan fingerprint density at radius 2 is 1.65 bits per heavy atom. The van der Waals surface area contributed by atoms with Crippen molar-refractivity contribution in [3.05, 3.63) is 0 Å². The van der Waals surface area contributed by atoms with Crippen molar-refractivity contribution in [2.45, 2.75) is 32.1 Å². The van der Waals surface area contributed by atoms with Crippen LogP contribution < -0.4 is 5.73 Å². The second-order valence-corrected chi connectivity index (χ2v) is 5.92. The second kappa shape index (κ2) is 10.1. The molecular formula is C15H32N4O. The van der Waals surface area contributed by atoms with E-state index in [0.29, 0.717) is 6.42 Å². The molecule has 5 heteroatoms. The van der Waals surface area contributed by atoms with E-state index in [4.69, 9.17) is 5.73 Å². The standard InChI is InChI=1S/C15H32N4O/c1-17(2)15(20)7-12-19-11-6-10-18(13-14-19)9-5-3-4-8-16/h3-14,16H2,1-2H3. The van der Waals surface area contributed by atoms with Crippen LogP contribution in [0.4, 0.5) is 0 Å². The third-order valence-electron chi connectivity index (χ3n) is 4.00. The van der Waals surface area contributed by atoms with E-state index >= 15 is 0 Å². The van der Waals surface area contributed by atoms with Crippen LogP contribution in [0.15, 0.2) is 0 Å². The summed E-state index contributed by atoms with van der Waals surface area (Å²) in [6.45, 7) is 7.47. The van der Waals surface area contributed by atoms with Gasteiger partial charge in [-0.25, -0.2) is 0 Å². The number of nitrogens with zero attached hydrogens (tertiary/aromatic N) is 3. The molecule has 20 heavy (non-hydrogen) atoms. The fourth-order valence-electron chi connectivity index (χ4n) is 2.61. The number of carbonyl (C=O) groups is 1. The molecule has 0 aromatic carbocycles. The van der Waals surface area contributed by atoms with Gasteiger partial charge in [0, 0.05) is 40.2 Å². The maximum atomic E-state index is 11.6. The summed E-state index contributed by atoms with van der Waals surface area (Å²) in [5.41, 5.74) is 5.52. The molecule has 0 spiro atoms. The monoisotopic (exact) mass is 284 g/mol. The average Bonchev–Trinajstić information content (AvgIpc) is 2.66. The highest BCUT2D eigenvalue weighted by Crippen LogP contribution is 2.06. The smallest absolute Gasteiger partial charge is 0.223 e. The second-order valence-electron chi connectivity index (χ2n) is 5.92.